The van der Waals surface area contributed by atoms with Gasteiger partial charge in [-0.3, -0.25) is 4.79 Å². The van der Waals surface area contributed by atoms with Gasteiger partial charge in [0.15, 0.2) is 0 Å². The Bertz CT molecular complexity index is 363. The number of carbonyl (C=O) groups is 1. The minimum absolute atomic E-state index is 0.0619. The van der Waals surface area contributed by atoms with Gasteiger partial charge in [0, 0.05) is 41.0 Å². The van der Waals surface area contributed by atoms with Crippen LogP contribution >= 0.6 is 0 Å². The molecule has 0 aromatic rings. The number of carbonyl (C=O) groups excluding carboxylic acids is 1. The first-order valence-electron chi connectivity index (χ1n) is 6.38. The fourth-order valence-corrected chi connectivity index (χ4v) is 3.59. The molecular weight excluding hydrogens is 352 g/mol. The molecule has 0 saturated carbocycles. The highest BCUT2D eigenvalue weighted by atomic mass is 28.4. The van der Waals surface area contributed by atoms with E-state index in [9.17, 15) is 31.1 Å². The number of halogens is 6. The average molecular weight is 371 g/mol. The van der Waals surface area contributed by atoms with Crippen molar-refractivity contribution >= 4 is 14.7 Å². The van der Waals surface area contributed by atoms with E-state index in [1.54, 1.807) is 0 Å². The van der Waals surface area contributed by atoms with Crippen molar-refractivity contribution in [1.82, 2.24) is 4.90 Å². The van der Waals surface area contributed by atoms with Crippen LogP contribution in [0.15, 0.2) is 0 Å². The normalized spacial score (nSPS) is 13.5. The van der Waals surface area contributed by atoms with Gasteiger partial charge in [0.2, 0.25) is 11.8 Å². The van der Waals surface area contributed by atoms with Crippen LogP contribution in [-0.4, -0.2) is 66.9 Å². The fraction of sp³-hybridized carbons (Fsp3) is 0.909. The third-order valence-corrected chi connectivity index (χ3v) is 6.02. The van der Waals surface area contributed by atoms with E-state index in [0.717, 1.165) is 7.05 Å². The summed E-state index contributed by atoms with van der Waals surface area (Å²) in [6, 6.07) is 0.136. The molecule has 0 spiro atoms. The van der Waals surface area contributed by atoms with E-state index in [0.29, 0.717) is 4.90 Å². The lowest BCUT2D eigenvalue weighted by Gasteiger charge is -2.28. The van der Waals surface area contributed by atoms with Gasteiger partial charge in [0.05, 0.1) is 0 Å². The van der Waals surface area contributed by atoms with Crippen LogP contribution in [0.25, 0.3) is 0 Å². The number of hydrogen-bond acceptors (Lipinski definition) is 4. The van der Waals surface area contributed by atoms with Crippen molar-refractivity contribution in [3.63, 3.8) is 0 Å². The van der Waals surface area contributed by atoms with Crippen LogP contribution in [0.4, 0.5) is 26.3 Å². The first-order valence-corrected chi connectivity index (χ1v) is 8.31. The Balaban J connectivity index is 4.84. The van der Waals surface area contributed by atoms with Crippen LogP contribution in [0.2, 0.25) is 6.04 Å². The molecule has 0 heterocycles. The third kappa shape index (κ3) is 6.28. The Morgan fingerprint density at radius 1 is 1.00 bits per heavy atom. The molecule has 0 aromatic heterocycles. The smallest absolute Gasteiger partial charge is 0.377 e. The molecule has 5 nitrogen and oxygen atoms in total. The molecule has 0 aliphatic rings. The molecule has 0 saturated heterocycles. The van der Waals surface area contributed by atoms with E-state index in [1.807, 2.05) is 0 Å². The molecule has 0 radical (unpaired) electrons. The molecule has 0 aliphatic heterocycles. The van der Waals surface area contributed by atoms with Crippen LogP contribution < -0.4 is 0 Å². The van der Waals surface area contributed by atoms with E-state index in [-0.39, 0.29) is 19.0 Å². The highest BCUT2D eigenvalue weighted by Crippen LogP contribution is 2.40. The van der Waals surface area contributed by atoms with Crippen molar-refractivity contribution in [1.29, 1.82) is 0 Å². The lowest BCUT2D eigenvalue weighted by atomic mass is 10.1. The zero-order valence-electron chi connectivity index (χ0n) is 13.0. The maximum atomic E-state index is 12.5. The molecule has 0 aliphatic carbocycles. The number of nitrogens with zero attached hydrogens (tertiary/aromatic N) is 1. The first-order chi connectivity index (χ1) is 10.3. The van der Waals surface area contributed by atoms with Crippen LogP contribution in [-0.2, 0) is 18.1 Å². The minimum Gasteiger partial charge on any atom is -0.377 e. The summed E-state index contributed by atoms with van der Waals surface area (Å²) in [5, 5.41) is 0. The van der Waals surface area contributed by atoms with E-state index < -0.39 is 33.0 Å². The quantitative estimate of drug-likeness (QED) is 0.486. The number of hydrogen-bond donors (Lipinski definition) is 0. The Morgan fingerprint density at radius 2 is 1.39 bits per heavy atom. The highest BCUT2D eigenvalue weighted by Gasteiger charge is 2.61. The molecule has 0 unspecified atom stereocenters. The second-order valence-electron chi connectivity index (χ2n) is 4.67. The molecule has 0 atom stereocenters. The molecule has 1 amide bonds. The fourth-order valence-electron chi connectivity index (χ4n) is 1.89. The van der Waals surface area contributed by atoms with Gasteiger partial charge in [-0.2, -0.15) is 26.3 Å². The summed E-state index contributed by atoms with van der Waals surface area (Å²) in [6.45, 7) is -0.327. The van der Waals surface area contributed by atoms with Gasteiger partial charge < -0.3 is 18.2 Å². The largest absolute Gasteiger partial charge is 0.500 e. The van der Waals surface area contributed by atoms with Gasteiger partial charge in [-0.25, -0.2) is 0 Å². The van der Waals surface area contributed by atoms with Gasteiger partial charge in [0.25, 0.3) is 0 Å². The van der Waals surface area contributed by atoms with Crippen LogP contribution in [0.5, 0.6) is 0 Å². The van der Waals surface area contributed by atoms with Gasteiger partial charge in [-0.15, -0.1) is 0 Å². The van der Waals surface area contributed by atoms with Gasteiger partial charge in [-0.05, 0) is 6.42 Å². The molecule has 0 fully saturated rings. The lowest BCUT2D eigenvalue weighted by molar-refractivity contribution is -0.277. The summed E-state index contributed by atoms with van der Waals surface area (Å²) in [5.41, 5.74) is 0. The summed E-state index contributed by atoms with van der Waals surface area (Å²) in [7, 11) is 1.83. The molecule has 0 bridgehead atoms. The van der Waals surface area contributed by atoms with E-state index in [1.165, 1.54) is 21.3 Å². The lowest BCUT2D eigenvalue weighted by Crippen LogP contribution is -2.49. The maximum absolute atomic E-state index is 12.5. The molecular formula is C11H19F6NO4Si. The SMILES string of the molecule is CO[Si](CCCN(C)C(=O)C(C(F)(F)F)C(F)(F)F)(OC)OC. The third-order valence-electron chi connectivity index (χ3n) is 3.19. The average Bonchev–Trinajstić information content (AvgIpc) is 2.40. The van der Waals surface area contributed by atoms with Crippen molar-refractivity contribution in [2.75, 3.05) is 34.9 Å². The predicted molar refractivity (Wildman–Crippen MR) is 69.4 cm³/mol. The minimum atomic E-state index is -5.70. The summed E-state index contributed by atoms with van der Waals surface area (Å²) < 4.78 is 90.1. The molecule has 138 valence electrons. The Labute approximate surface area is 130 Å². The Kier molecular flexibility index (Phi) is 8.00. The van der Waals surface area contributed by atoms with Gasteiger partial charge >= 0.3 is 21.2 Å². The summed E-state index contributed by atoms with van der Waals surface area (Å²) in [4.78, 5) is 11.9. The van der Waals surface area contributed by atoms with Crippen molar-refractivity contribution in [3.8, 4) is 0 Å². The summed E-state index contributed by atoms with van der Waals surface area (Å²) in [6.07, 6.45) is -11.3. The van der Waals surface area contributed by atoms with E-state index >= 15 is 0 Å². The van der Waals surface area contributed by atoms with E-state index in [2.05, 4.69) is 0 Å². The highest BCUT2D eigenvalue weighted by molar-refractivity contribution is 6.60. The van der Waals surface area contributed by atoms with Crippen molar-refractivity contribution in [2.45, 2.75) is 24.8 Å². The Hall–Kier alpha value is -0.853. The first kappa shape index (κ1) is 22.1. The number of amides is 1. The molecule has 0 N–H and O–H groups in total. The Morgan fingerprint density at radius 3 is 1.70 bits per heavy atom. The predicted octanol–water partition coefficient (Wildman–Crippen LogP) is 2.45. The molecule has 0 aromatic carbocycles. The van der Waals surface area contributed by atoms with Crippen LogP contribution in [0, 0.1) is 5.92 Å². The molecule has 0 rings (SSSR count). The summed E-state index contributed by atoms with van der Waals surface area (Å²) in [5.74, 6) is -6.08. The van der Waals surface area contributed by atoms with Crippen molar-refractivity contribution < 1.29 is 44.4 Å². The standard InChI is InChI=1S/C11H19F6NO4Si/c1-18(6-5-7-23(20-2,21-3)22-4)9(19)8(10(12,13)14)11(15,16)17/h8H,5-7H2,1-4H3. The zero-order chi connectivity index (χ0) is 18.5. The number of rotatable bonds is 8. The van der Waals surface area contributed by atoms with Crippen LogP contribution in [0.3, 0.4) is 0 Å². The van der Waals surface area contributed by atoms with E-state index in [4.69, 9.17) is 13.3 Å². The second kappa shape index (κ2) is 8.31. The van der Waals surface area contributed by atoms with Gasteiger partial charge in [0.1, 0.15) is 0 Å². The van der Waals surface area contributed by atoms with Gasteiger partial charge in [-0.1, -0.05) is 0 Å². The summed E-state index contributed by atoms with van der Waals surface area (Å²) >= 11 is 0. The molecule has 12 heteroatoms. The van der Waals surface area contributed by atoms with Crippen molar-refractivity contribution in [3.05, 3.63) is 0 Å². The maximum Gasteiger partial charge on any atom is 0.500 e. The van der Waals surface area contributed by atoms with Crippen molar-refractivity contribution in [2.24, 2.45) is 5.92 Å². The zero-order valence-corrected chi connectivity index (χ0v) is 14.0. The monoisotopic (exact) mass is 371 g/mol. The molecule has 23 heavy (non-hydrogen) atoms. The second-order valence-corrected chi connectivity index (χ2v) is 7.77. The number of alkyl halides is 6. The van der Waals surface area contributed by atoms with Crippen LogP contribution in [0.1, 0.15) is 6.42 Å². The topological polar surface area (TPSA) is 48.0 Å².